The Hall–Kier alpha value is -0.460. The molecule has 1 heterocycles. The highest BCUT2D eigenvalue weighted by atomic mass is 16.6. The van der Waals surface area contributed by atoms with Crippen molar-refractivity contribution < 1.29 is 4.74 Å². The van der Waals surface area contributed by atoms with Gasteiger partial charge in [-0.2, -0.15) is 0 Å². The first-order valence-electron chi connectivity index (χ1n) is 2.76. The summed E-state index contributed by atoms with van der Waals surface area (Å²) in [4.78, 5) is 0. The van der Waals surface area contributed by atoms with Crippen LogP contribution in [0.1, 0.15) is 19.8 Å². The molecule has 0 saturated carbocycles. The van der Waals surface area contributed by atoms with Crippen LogP contribution in [-0.2, 0) is 4.74 Å². The van der Waals surface area contributed by atoms with Crippen LogP contribution in [0.25, 0.3) is 0 Å². The monoisotopic (exact) mass is 96.1 g/mol. The van der Waals surface area contributed by atoms with Gasteiger partial charge in [-0.25, -0.2) is 0 Å². The van der Waals surface area contributed by atoms with Gasteiger partial charge >= 0.3 is 0 Å². The van der Waals surface area contributed by atoms with E-state index in [2.05, 4.69) is 6.92 Å². The molecule has 0 amide bonds. The molecule has 1 nitrogen and oxygen atoms in total. The largest absolute Gasteiger partial charge is 0.459 e. The van der Waals surface area contributed by atoms with E-state index in [1.54, 1.807) is 0 Å². The Bertz CT molecular complexity index is 121. The highest BCUT2D eigenvalue weighted by Crippen LogP contribution is 2.44. The van der Waals surface area contributed by atoms with Crippen molar-refractivity contribution in [2.24, 2.45) is 5.92 Å². The third-order valence-corrected chi connectivity index (χ3v) is 1.58. The first-order valence-corrected chi connectivity index (χ1v) is 2.76. The molecule has 0 N–H and O–H groups in total. The van der Waals surface area contributed by atoms with E-state index in [1.807, 2.05) is 0 Å². The van der Waals surface area contributed by atoms with E-state index in [-0.39, 0.29) is 0 Å². The molecule has 0 spiro atoms. The molecule has 7 heavy (non-hydrogen) atoms. The molecule has 1 heteroatoms. The predicted molar refractivity (Wildman–Crippen MR) is 26.5 cm³/mol. The van der Waals surface area contributed by atoms with Gasteiger partial charge in [-0.3, -0.25) is 0 Å². The summed E-state index contributed by atoms with van der Waals surface area (Å²) in [5.41, 5.74) is 0. The zero-order valence-corrected chi connectivity index (χ0v) is 4.40. The van der Waals surface area contributed by atoms with Gasteiger partial charge in [0.15, 0.2) is 0 Å². The average molecular weight is 96.1 g/mol. The second-order valence-electron chi connectivity index (χ2n) is 2.46. The highest BCUT2D eigenvalue weighted by Gasteiger charge is 2.34. The van der Waals surface area contributed by atoms with Gasteiger partial charge < -0.3 is 4.74 Å². The maximum Gasteiger partial charge on any atom is 0.142 e. The quantitative estimate of drug-likeness (QED) is 0.446. The van der Waals surface area contributed by atoms with Crippen LogP contribution in [0.2, 0.25) is 0 Å². The Balaban J connectivity index is 2.13. The lowest BCUT2D eigenvalue weighted by Gasteiger charge is -2.00. The molecule has 0 fully saturated rings. The van der Waals surface area contributed by atoms with Crippen molar-refractivity contribution >= 4 is 0 Å². The molecular formula is C6H8O. The Labute approximate surface area is 43.0 Å². The van der Waals surface area contributed by atoms with Gasteiger partial charge in [-0.05, 0) is 5.92 Å². The predicted octanol–water partition coefficient (Wildman–Crippen LogP) is 1.66. The van der Waals surface area contributed by atoms with Crippen molar-refractivity contribution in [3.8, 4) is 0 Å². The molecule has 0 aromatic carbocycles. The Morgan fingerprint density at radius 2 is 2.00 bits per heavy atom. The Kier molecular flexibility index (Phi) is 0.432. The molecular weight excluding hydrogens is 88.1 g/mol. The second-order valence-corrected chi connectivity index (χ2v) is 2.46. The van der Waals surface area contributed by atoms with Crippen molar-refractivity contribution in [1.82, 2.24) is 0 Å². The minimum absolute atomic E-state index is 0.874. The standard InChI is InChI=1S/C6H8O/c1-4-2-5-6(3-4)7-5/h4H,2-3H2,1H3. The zero-order valence-electron chi connectivity index (χ0n) is 4.40. The van der Waals surface area contributed by atoms with Gasteiger partial charge in [-0.15, -0.1) is 0 Å². The second kappa shape index (κ2) is 0.857. The molecule has 0 unspecified atom stereocenters. The van der Waals surface area contributed by atoms with Gasteiger partial charge in [0, 0.05) is 12.8 Å². The van der Waals surface area contributed by atoms with Gasteiger partial charge in [-0.1, -0.05) is 6.92 Å². The molecule has 38 valence electrons. The van der Waals surface area contributed by atoms with Gasteiger partial charge in [0.2, 0.25) is 0 Å². The molecule has 0 atom stereocenters. The normalized spacial score (nSPS) is 27.6. The first kappa shape index (κ1) is 3.53. The van der Waals surface area contributed by atoms with Crippen molar-refractivity contribution in [3.05, 3.63) is 11.5 Å². The van der Waals surface area contributed by atoms with E-state index in [0.29, 0.717) is 0 Å². The highest BCUT2D eigenvalue weighted by molar-refractivity contribution is 5.23. The molecule has 0 bridgehead atoms. The lowest BCUT2D eigenvalue weighted by molar-refractivity contribution is 0.359. The molecule has 1 aliphatic heterocycles. The summed E-state index contributed by atoms with van der Waals surface area (Å²) in [5.74, 6) is 3.44. The summed E-state index contributed by atoms with van der Waals surface area (Å²) >= 11 is 0. The fourth-order valence-corrected chi connectivity index (χ4v) is 1.14. The summed E-state index contributed by atoms with van der Waals surface area (Å²) in [6.07, 6.45) is 2.41. The Morgan fingerprint density at radius 1 is 1.43 bits per heavy atom. The van der Waals surface area contributed by atoms with Crippen LogP contribution in [0.3, 0.4) is 0 Å². The van der Waals surface area contributed by atoms with E-state index >= 15 is 0 Å². The van der Waals surface area contributed by atoms with Crippen LogP contribution in [0.4, 0.5) is 0 Å². The minimum atomic E-state index is 0.874. The van der Waals surface area contributed by atoms with E-state index in [0.717, 1.165) is 5.92 Å². The lowest BCUT2D eigenvalue weighted by atomic mass is 10.1. The van der Waals surface area contributed by atoms with Crippen molar-refractivity contribution in [1.29, 1.82) is 0 Å². The van der Waals surface area contributed by atoms with Crippen LogP contribution in [0.5, 0.6) is 0 Å². The number of hydrogen-bond donors (Lipinski definition) is 0. The van der Waals surface area contributed by atoms with E-state index in [1.165, 1.54) is 24.4 Å². The van der Waals surface area contributed by atoms with Crippen molar-refractivity contribution in [2.75, 3.05) is 0 Å². The number of ether oxygens (including phenoxy) is 1. The average Bonchev–Trinajstić information content (AvgIpc) is 2.15. The zero-order chi connectivity index (χ0) is 4.85. The third kappa shape index (κ3) is 0.379. The maximum atomic E-state index is 5.06. The minimum Gasteiger partial charge on any atom is -0.459 e. The SMILES string of the molecule is CC1CC2=C(C1)O2. The van der Waals surface area contributed by atoms with E-state index in [9.17, 15) is 0 Å². The smallest absolute Gasteiger partial charge is 0.142 e. The lowest BCUT2D eigenvalue weighted by Crippen LogP contribution is -1.89. The number of hydrogen-bond acceptors (Lipinski definition) is 1. The molecule has 2 rings (SSSR count). The summed E-state index contributed by atoms with van der Waals surface area (Å²) < 4.78 is 5.06. The van der Waals surface area contributed by atoms with Gasteiger partial charge in [0.1, 0.15) is 11.5 Å². The fraction of sp³-hybridized carbons (Fsp3) is 0.667. The van der Waals surface area contributed by atoms with Crippen LogP contribution in [-0.4, -0.2) is 0 Å². The van der Waals surface area contributed by atoms with Gasteiger partial charge in [0.25, 0.3) is 0 Å². The summed E-state index contributed by atoms with van der Waals surface area (Å²) in [6, 6.07) is 0. The summed E-state index contributed by atoms with van der Waals surface area (Å²) in [5, 5.41) is 0. The summed E-state index contributed by atoms with van der Waals surface area (Å²) in [7, 11) is 0. The molecule has 0 saturated heterocycles. The van der Waals surface area contributed by atoms with Crippen LogP contribution in [0, 0.1) is 5.92 Å². The topological polar surface area (TPSA) is 12.5 Å². The summed E-state index contributed by atoms with van der Waals surface area (Å²) in [6.45, 7) is 2.26. The van der Waals surface area contributed by atoms with Crippen LogP contribution >= 0.6 is 0 Å². The fourth-order valence-electron chi connectivity index (χ4n) is 1.14. The van der Waals surface area contributed by atoms with Crippen LogP contribution in [0.15, 0.2) is 11.5 Å². The maximum absolute atomic E-state index is 5.06. The molecule has 0 aromatic heterocycles. The number of rotatable bonds is 0. The van der Waals surface area contributed by atoms with Gasteiger partial charge in [0.05, 0.1) is 0 Å². The Morgan fingerprint density at radius 3 is 2.29 bits per heavy atom. The third-order valence-electron chi connectivity index (χ3n) is 1.58. The molecule has 1 aliphatic carbocycles. The molecule has 2 aliphatic rings. The van der Waals surface area contributed by atoms with Crippen molar-refractivity contribution in [3.63, 3.8) is 0 Å². The van der Waals surface area contributed by atoms with E-state index in [4.69, 9.17) is 4.74 Å². The first-order chi connectivity index (χ1) is 3.36. The molecule has 0 radical (unpaired) electrons. The van der Waals surface area contributed by atoms with E-state index < -0.39 is 0 Å². The van der Waals surface area contributed by atoms with Crippen molar-refractivity contribution in [2.45, 2.75) is 19.8 Å². The van der Waals surface area contributed by atoms with Crippen LogP contribution < -0.4 is 0 Å². The molecule has 0 aromatic rings. The number of allylic oxidation sites excluding steroid dienone is 2.